The number of benzene rings is 2. The van der Waals surface area contributed by atoms with Crippen LogP contribution in [0, 0.1) is 0 Å². The average Bonchev–Trinajstić information content (AvgIpc) is 3.55. The highest BCUT2D eigenvalue weighted by Crippen LogP contribution is 2.41. The van der Waals surface area contributed by atoms with Gasteiger partial charge in [-0.05, 0) is 75.9 Å². The molecule has 0 unspecified atom stereocenters. The Labute approximate surface area is 220 Å². The summed E-state index contributed by atoms with van der Waals surface area (Å²) in [5, 5.41) is 14.3. The normalized spacial score (nSPS) is 16.5. The van der Waals surface area contributed by atoms with Crippen LogP contribution in [0.2, 0.25) is 0 Å². The number of rotatable bonds is 5. The van der Waals surface area contributed by atoms with E-state index >= 15 is 0 Å². The van der Waals surface area contributed by atoms with Crippen molar-refractivity contribution in [3.05, 3.63) is 70.7 Å². The predicted octanol–water partition coefficient (Wildman–Crippen LogP) is 5.57. The van der Waals surface area contributed by atoms with Gasteiger partial charge in [0.25, 0.3) is 10.0 Å². The SMILES string of the molecule is C[C@@H](O)c1cnc(-c2cc3c4c(ccc3n2S(=O)(=O)c2ccccc2)[C@H](NC(=O)OC(C)(C)C)CC4)s1. The second-order valence-electron chi connectivity index (χ2n) is 10.2. The molecule has 0 radical (unpaired) electrons. The highest BCUT2D eigenvalue weighted by molar-refractivity contribution is 7.90. The number of alkyl carbamates (subject to hydrolysis) is 1. The summed E-state index contributed by atoms with van der Waals surface area (Å²) < 4.78 is 34.6. The van der Waals surface area contributed by atoms with Gasteiger partial charge >= 0.3 is 6.09 Å². The van der Waals surface area contributed by atoms with Gasteiger partial charge in [-0.2, -0.15) is 0 Å². The number of carbonyl (C=O) groups is 1. The number of aliphatic hydroxyl groups is 1. The molecule has 1 aliphatic carbocycles. The minimum absolute atomic E-state index is 0.172. The van der Waals surface area contributed by atoms with Gasteiger partial charge in [0.1, 0.15) is 10.6 Å². The Morgan fingerprint density at radius 2 is 1.95 bits per heavy atom. The highest BCUT2D eigenvalue weighted by Gasteiger charge is 2.31. The molecule has 4 aromatic rings. The lowest BCUT2D eigenvalue weighted by atomic mass is 10.0. The first-order valence-electron chi connectivity index (χ1n) is 12.1. The Morgan fingerprint density at radius 3 is 2.59 bits per heavy atom. The number of thiazole rings is 1. The van der Waals surface area contributed by atoms with Gasteiger partial charge in [-0.15, -0.1) is 11.3 Å². The van der Waals surface area contributed by atoms with Crippen molar-refractivity contribution < 1.29 is 23.1 Å². The lowest BCUT2D eigenvalue weighted by Crippen LogP contribution is -2.34. The number of nitrogens with one attached hydrogen (secondary N) is 1. The lowest BCUT2D eigenvalue weighted by molar-refractivity contribution is 0.0503. The van der Waals surface area contributed by atoms with Crippen LogP contribution in [0.4, 0.5) is 4.79 Å². The average molecular weight is 540 g/mol. The van der Waals surface area contributed by atoms with E-state index in [1.807, 2.05) is 32.9 Å². The molecule has 0 spiro atoms. The first kappa shape index (κ1) is 25.4. The summed E-state index contributed by atoms with van der Waals surface area (Å²) in [6.45, 7) is 7.10. The van der Waals surface area contributed by atoms with Crippen molar-refractivity contribution in [1.82, 2.24) is 14.3 Å². The maximum Gasteiger partial charge on any atom is 0.408 e. The van der Waals surface area contributed by atoms with E-state index in [0.717, 1.165) is 16.5 Å². The number of nitrogens with zero attached hydrogens (tertiary/aromatic N) is 2. The zero-order chi connectivity index (χ0) is 26.5. The molecule has 0 saturated carbocycles. The molecule has 0 fully saturated rings. The van der Waals surface area contributed by atoms with Crippen LogP contribution in [-0.2, 0) is 21.2 Å². The molecule has 5 rings (SSSR count). The molecule has 10 heteroatoms. The van der Waals surface area contributed by atoms with Gasteiger partial charge in [0, 0.05) is 11.6 Å². The monoisotopic (exact) mass is 539 g/mol. The molecule has 2 aromatic carbocycles. The van der Waals surface area contributed by atoms with Crippen molar-refractivity contribution in [3.8, 4) is 10.7 Å². The van der Waals surface area contributed by atoms with Crippen LogP contribution in [0.1, 0.15) is 62.3 Å². The van der Waals surface area contributed by atoms with E-state index in [2.05, 4.69) is 10.3 Å². The Morgan fingerprint density at radius 1 is 1.22 bits per heavy atom. The Bertz CT molecular complexity index is 1580. The van der Waals surface area contributed by atoms with E-state index in [0.29, 0.717) is 33.9 Å². The summed E-state index contributed by atoms with van der Waals surface area (Å²) in [6, 6.07) is 13.6. The number of aryl methyl sites for hydroxylation is 1. The minimum Gasteiger partial charge on any atom is -0.444 e. The third-order valence-corrected chi connectivity index (χ3v) is 9.21. The minimum atomic E-state index is -3.95. The number of hydrogen-bond donors (Lipinski definition) is 2. The number of ether oxygens (including phenoxy) is 1. The van der Waals surface area contributed by atoms with Crippen molar-refractivity contribution >= 4 is 38.4 Å². The van der Waals surface area contributed by atoms with Crippen LogP contribution in [0.3, 0.4) is 0 Å². The van der Waals surface area contributed by atoms with Crippen molar-refractivity contribution in [3.63, 3.8) is 0 Å². The van der Waals surface area contributed by atoms with Crippen LogP contribution in [-0.4, -0.2) is 34.2 Å². The van der Waals surface area contributed by atoms with Crippen LogP contribution in [0.25, 0.3) is 21.6 Å². The lowest BCUT2D eigenvalue weighted by Gasteiger charge is -2.22. The molecule has 1 amide bonds. The van der Waals surface area contributed by atoms with Crippen molar-refractivity contribution in [1.29, 1.82) is 0 Å². The predicted molar refractivity (Wildman–Crippen MR) is 143 cm³/mol. The van der Waals surface area contributed by atoms with E-state index in [-0.39, 0.29) is 10.9 Å². The molecular formula is C27H29N3O5S2. The van der Waals surface area contributed by atoms with Gasteiger partial charge in [-0.1, -0.05) is 24.3 Å². The van der Waals surface area contributed by atoms with E-state index in [4.69, 9.17) is 4.74 Å². The molecule has 0 aliphatic heterocycles. The van der Waals surface area contributed by atoms with Crippen LogP contribution >= 0.6 is 11.3 Å². The molecule has 8 nitrogen and oxygen atoms in total. The van der Waals surface area contributed by atoms with Crippen LogP contribution < -0.4 is 5.32 Å². The fraction of sp³-hybridized carbons (Fsp3) is 0.333. The van der Waals surface area contributed by atoms with Crippen molar-refractivity contribution in [2.75, 3.05) is 0 Å². The fourth-order valence-corrected chi connectivity index (χ4v) is 7.13. The zero-order valence-corrected chi connectivity index (χ0v) is 22.7. The number of fused-ring (bicyclic) bond motifs is 3. The Balaban J connectivity index is 1.66. The first-order valence-corrected chi connectivity index (χ1v) is 14.3. The first-order chi connectivity index (χ1) is 17.5. The summed E-state index contributed by atoms with van der Waals surface area (Å²) in [5.74, 6) is 0. The molecule has 2 atom stereocenters. The molecule has 0 bridgehead atoms. The molecule has 37 heavy (non-hydrogen) atoms. The van der Waals surface area contributed by atoms with Gasteiger partial charge < -0.3 is 15.2 Å². The zero-order valence-electron chi connectivity index (χ0n) is 21.1. The summed E-state index contributed by atoms with van der Waals surface area (Å²) in [6.07, 6.45) is 1.75. The second kappa shape index (κ2) is 9.27. The summed E-state index contributed by atoms with van der Waals surface area (Å²) >= 11 is 1.26. The van der Waals surface area contributed by atoms with Gasteiger partial charge in [-0.3, -0.25) is 0 Å². The standard InChI is InChI=1S/C27H29N3O5S2/c1-16(31)24-15-28-25(36-24)23-14-20-18-10-12-21(29-26(32)35-27(2,3)4)19(18)11-13-22(20)30(23)37(33,34)17-8-6-5-7-9-17/h5-9,11,13-16,21,31H,10,12H2,1-4H3,(H,29,32)/t16-,21-/m1/s1. The largest absolute Gasteiger partial charge is 0.444 e. The molecule has 1 aliphatic rings. The molecule has 2 aromatic heterocycles. The molecule has 194 valence electrons. The number of aromatic nitrogens is 2. The van der Waals surface area contributed by atoms with Crippen LogP contribution in [0.15, 0.2) is 59.6 Å². The number of aliphatic hydroxyl groups excluding tert-OH is 1. The second-order valence-corrected chi connectivity index (χ2v) is 13.0. The summed E-state index contributed by atoms with van der Waals surface area (Å²) in [4.78, 5) is 17.7. The van der Waals surface area contributed by atoms with Gasteiger partial charge in [-0.25, -0.2) is 22.2 Å². The molecular weight excluding hydrogens is 510 g/mol. The maximum absolute atomic E-state index is 13.9. The fourth-order valence-electron chi connectivity index (χ4n) is 4.69. The Kier molecular flexibility index (Phi) is 6.37. The topological polar surface area (TPSA) is 111 Å². The third-order valence-electron chi connectivity index (χ3n) is 6.27. The van der Waals surface area contributed by atoms with E-state index < -0.39 is 27.8 Å². The van der Waals surface area contributed by atoms with Gasteiger partial charge in [0.15, 0.2) is 0 Å². The number of carbonyl (C=O) groups excluding carboxylic acids is 1. The molecule has 2 N–H and O–H groups in total. The van der Waals surface area contributed by atoms with Gasteiger partial charge in [0.2, 0.25) is 0 Å². The van der Waals surface area contributed by atoms with Crippen molar-refractivity contribution in [2.24, 2.45) is 0 Å². The van der Waals surface area contributed by atoms with E-state index in [1.54, 1.807) is 49.5 Å². The van der Waals surface area contributed by atoms with E-state index in [9.17, 15) is 18.3 Å². The smallest absolute Gasteiger partial charge is 0.408 e. The quantitative estimate of drug-likeness (QED) is 0.343. The number of hydrogen-bond acceptors (Lipinski definition) is 7. The highest BCUT2D eigenvalue weighted by atomic mass is 32.2. The molecule has 2 heterocycles. The van der Waals surface area contributed by atoms with Crippen LogP contribution in [0.5, 0.6) is 0 Å². The molecule has 0 saturated heterocycles. The Hall–Kier alpha value is -3.21. The summed E-state index contributed by atoms with van der Waals surface area (Å²) in [7, 11) is -3.95. The van der Waals surface area contributed by atoms with Crippen molar-refractivity contribution in [2.45, 2.75) is 63.2 Å². The number of amides is 1. The maximum atomic E-state index is 13.9. The summed E-state index contributed by atoms with van der Waals surface area (Å²) in [5.41, 5.74) is 2.32. The van der Waals surface area contributed by atoms with E-state index in [1.165, 1.54) is 15.3 Å². The third kappa shape index (κ3) is 4.76. The van der Waals surface area contributed by atoms with Gasteiger partial charge in [0.05, 0.1) is 33.1 Å².